The fraction of sp³-hybridized carbons (Fsp3) is 0.562. The van der Waals surface area contributed by atoms with Crippen molar-refractivity contribution in [1.29, 1.82) is 0 Å². The lowest BCUT2D eigenvalue weighted by molar-refractivity contribution is 0.261. The molecule has 4 heteroatoms. The number of H-pyrrole nitrogens is 1. The summed E-state index contributed by atoms with van der Waals surface area (Å²) >= 11 is 8.99. The van der Waals surface area contributed by atoms with Crippen LogP contribution in [0.4, 0.5) is 0 Å². The van der Waals surface area contributed by atoms with Crippen LogP contribution in [0.15, 0.2) is 22.7 Å². The number of hydrogen-bond donors (Lipinski definition) is 1. The van der Waals surface area contributed by atoms with Crippen LogP contribution in [-0.4, -0.2) is 9.55 Å². The van der Waals surface area contributed by atoms with Crippen molar-refractivity contribution in [1.82, 2.24) is 9.55 Å². The normalized spacial score (nSPS) is 23.3. The van der Waals surface area contributed by atoms with Crippen LogP contribution in [0.2, 0.25) is 0 Å². The van der Waals surface area contributed by atoms with E-state index in [2.05, 4.69) is 50.6 Å². The maximum atomic E-state index is 5.48. The maximum Gasteiger partial charge on any atom is 0.178 e. The van der Waals surface area contributed by atoms with E-state index in [-0.39, 0.29) is 0 Å². The van der Waals surface area contributed by atoms with Gasteiger partial charge in [0, 0.05) is 11.0 Å². The molecule has 2 aromatic rings. The van der Waals surface area contributed by atoms with E-state index in [1.54, 1.807) is 0 Å². The predicted molar refractivity (Wildman–Crippen MR) is 90.6 cm³/mol. The van der Waals surface area contributed by atoms with Crippen molar-refractivity contribution in [3.63, 3.8) is 0 Å². The van der Waals surface area contributed by atoms with Crippen molar-refractivity contribution in [3.8, 4) is 0 Å². The zero-order chi connectivity index (χ0) is 14.1. The Morgan fingerprint density at radius 2 is 2.25 bits per heavy atom. The number of nitrogens with zero attached hydrogens (tertiary/aromatic N) is 1. The van der Waals surface area contributed by atoms with Gasteiger partial charge in [-0.05, 0) is 55.1 Å². The molecule has 1 aliphatic carbocycles. The van der Waals surface area contributed by atoms with E-state index in [1.807, 2.05) is 0 Å². The number of imidazole rings is 1. The summed E-state index contributed by atoms with van der Waals surface area (Å²) in [5, 5.41) is 0. The van der Waals surface area contributed by atoms with Crippen LogP contribution in [0.3, 0.4) is 0 Å². The van der Waals surface area contributed by atoms with E-state index in [0.717, 1.165) is 33.1 Å². The van der Waals surface area contributed by atoms with Crippen molar-refractivity contribution >= 4 is 39.2 Å². The van der Waals surface area contributed by atoms with Crippen LogP contribution in [0.1, 0.15) is 39.0 Å². The molecule has 1 aromatic carbocycles. The van der Waals surface area contributed by atoms with Crippen molar-refractivity contribution in [2.24, 2.45) is 11.8 Å². The van der Waals surface area contributed by atoms with E-state index >= 15 is 0 Å². The highest BCUT2D eigenvalue weighted by molar-refractivity contribution is 9.10. The summed E-state index contributed by atoms with van der Waals surface area (Å²) in [4.78, 5) is 3.31. The van der Waals surface area contributed by atoms with Gasteiger partial charge in [-0.25, -0.2) is 0 Å². The zero-order valence-corrected chi connectivity index (χ0v) is 14.3. The summed E-state index contributed by atoms with van der Waals surface area (Å²) in [5.41, 5.74) is 2.35. The first-order valence-corrected chi connectivity index (χ1v) is 8.71. The smallest absolute Gasteiger partial charge is 0.178 e. The van der Waals surface area contributed by atoms with Crippen molar-refractivity contribution in [3.05, 3.63) is 27.4 Å². The standard InChI is InChI=1S/C16H21BrN2S/c1-11-3-2-4-12(9-11)7-8-19-15-6-5-13(17)10-14(15)18-16(19)20/h5-6,10-12H,2-4,7-9H2,1H3,(H,18,20). The minimum atomic E-state index is 0.849. The Labute approximate surface area is 133 Å². The number of nitrogens with one attached hydrogen (secondary N) is 1. The van der Waals surface area contributed by atoms with Crippen LogP contribution >= 0.6 is 28.1 Å². The summed E-state index contributed by atoms with van der Waals surface area (Å²) < 4.78 is 4.20. The van der Waals surface area contributed by atoms with E-state index in [1.165, 1.54) is 37.6 Å². The molecular weight excluding hydrogens is 332 g/mol. The molecule has 2 nitrogen and oxygen atoms in total. The molecule has 0 bridgehead atoms. The molecular formula is C16H21BrN2S. The maximum absolute atomic E-state index is 5.48. The quantitative estimate of drug-likeness (QED) is 0.704. The minimum Gasteiger partial charge on any atom is -0.331 e. The molecule has 108 valence electrons. The Bertz CT molecular complexity index is 658. The SMILES string of the molecule is CC1CCCC(CCn2c(=S)[nH]c3cc(Br)ccc32)C1. The first-order chi connectivity index (χ1) is 9.63. The van der Waals surface area contributed by atoms with E-state index in [4.69, 9.17) is 12.2 Å². The topological polar surface area (TPSA) is 20.7 Å². The van der Waals surface area contributed by atoms with Crippen LogP contribution < -0.4 is 0 Å². The molecule has 1 heterocycles. The first kappa shape index (κ1) is 14.3. The van der Waals surface area contributed by atoms with Crippen molar-refractivity contribution in [2.75, 3.05) is 0 Å². The highest BCUT2D eigenvalue weighted by Crippen LogP contribution is 2.31. The second kappa shape index (κ2) is 6.02. The Hall–Kier alpha value is -0.610. The average molecular weight is 353 g/mol. The number of rotatable bonds is 3. The summed E-state index contributed by atoms with van der Waals surface area (Å²) in [6.07, 6.45) is 6.85. The molecule has 2 unspecified atom stereocenters. The molecule has 0 saturated heterocycles. The molecule has 0 amide bonds. The first-order valence-electron chi connectivity index (χ1n) is 7.51. The summed E-state index contributed by atoms with van der Waals surface area (Å²) in [6.45, 7) is 3.43. The molecule has 1 saturated carbocycles. The Morgan fingerprint density at radius 1 is 1.40 bits per heavy atom. The van der Waals surface area contributed by atoms with Gasteiger partial charge in [-0.15, -0.1) is 0 Å². The van der Waals surface area contributed by atoms with Gasteiger partial charge in [0.25, 0.3) is 0 Å². The van der Waals surface area contributed by atoms with Gasteiger partial charge in [0.1, 0.15) is 0 Å². The molecule has 1 N–H and O–H groups in total. The number of halogens is 1. The lowest BCUT2D eigenvalue weighted by Crippen LogP contribution is -2.15. The molecule has 1 fully saturated rings. The fourth-order valence-electron chi connectivity index (χ4n) is 3.49. The van der Waals surface area contributed by atoms with Crippen molar-refractivity contribution < 1.29 is 0 Å². The molecule has 1 aromatic heterocycles. The third-order valence-corrected chi connectivity index (χ3v) is 5.36. The molecule has 0 radical (unpaired) electrons. The average Bonchev–Trinajstić information content (AvgIpc) is 2.71. The largest absolute Gasteiger partial charge is 0.331 e. The van der Waals surface area contributed by atoms with Gasteiger partial charge < -0.3 is 9.55 Å². The van der Waals surface area contributed by atoms with Crippen LogP contribution in [-0.2, 0) is 6.54 Å². The second-order valence-corrected chi connectivity index (χ2v) is 7.47. The summed E-state index contributed by atoms with van der Waals surface area (Å²) in [5.74, 6) is 1.78. The van der Waals surface area contributed by atoms with Gasteiger partial charge in [0.15, 0.2) is 4.77 Å². The lowest BCUT2D eigenvalue weighted by Gasteiger charge is -2.26. The van der Waals surface area contributed by atoms with Gasteiger partial charge in [-0.3, -0.25) is 0 Å². The highest BCUT2D eigenvalue weighted by atomic mass is 79.9. The van der Waals surface area contributed by atoms with Crippen LogP contribution in [0.25, 0.3) is 11.0 Å². The lowest BCUT2D eigenvalue weighted by atomic mass is 9.81. The zero-order valence-electron chi connectivity index (χ0n) is 11.9. The molecule has 3 rings (SSSR count). The Kier molecular flexibility index (Phi) is 4.32. The van der Waals surface area contributed by atoms with E-state index in [0.29, 0.717) is 0 Å². The number of aromatic amines is 1. The highest BCUT2D eigenvalue weighted by Gasteiger charge is 2.19. The number of fused-ring (bicyclic) bond motifs is 1. The number of hydrogen-bond acceptors (Lipinski definition) is 1. The predicted octanol–water partition coefficient (Wildman–Crippen LogP) is 5.68. The van der Waals surface area contributed by atoms with Crippen molar-refractivity contribution in [2.45, 2.75) is 45.6 Å². The second-order valence-electron chi connectivity index (χ2n) is 6.17. The van der Waals surface area contributed by atoms with Crippen LogP contribution in [0, 0.1) is 16.6 Å². The Balaban J connectivity index is 1.77. The van der Waals surface area contributed by atoms with Gasteiger partial charge in [-0.2, -0.15) is 0 Å². The van der Waals surface area contributed by atoms with Gasteiger partial charge >= 0.3 is 0 Å². The third kappa shape index (κ3) is 3.01. The van der Waals surface area contributed by atoms with Gasteiger partial charge in [0.2, 0.25) is 0 Å². The summed E-state index contributed by atoms with van der Waals surface area (Å²) in [7, 11) is 0. The summed E-state index contributed by atoms with van der Waals surface area (Å²) in [6, 6.07) is 6.34. The van der Waals surface area contributed by atoms with E-state index < -0.39 is 0 Å². The Morgan fingerprint density at radius 3 is 3.05 bits per heavy atom. The van der Waals surface area contributed by atoms with E-state index in [9.17, 15) is 0 Å². The number of aromatic nitrogens is 2. The molecule has 20 heavy (non-hydrogen) atoms. The number of aryl methyl sites for hydroxylation is 1. The number of benzene rings is 1. The monoisotopic (exact) mass is 352 g/mol. The third-order valence-electron chi connectivity index (χ3n) is 4.54. The fourth-order valence-corrected chi connectivity index (χ4v) is 4.15. The van der Waals surface area contributed by atoms with Gasteiger partial charge in [0.05, 0.1) is 11.0 Å². The van der Waals surface area contributed by atoms with Crippen LogP contribution in [0.5, 0.6) is 0 Å². The minimum absolute atomic E-state index is 0.849. The molecule has 1 aliphatic rings. The molecule has 2 atom stereocenters. The van der Waals surface area contributed by atoms with Gasteiger partial charge in [-0.1, -0.05) is 42.1 Å². The molecule has 0 spiro atoms. The molecule has 0 aliphatic heterocycles.